The van der Waals surface area contributed by atoms with E-state index in [0.29, 0.717) is 29.8 Å². The highest BCUT2D eigenvalue weighted by atomic mass is 32.2. The molecule has 40 heavy (non-hydrogen) atoms. The van der Waals surface area contributed by atoms with Crippen LogP contribution in [0.3, 0.4) is 0 Å². The summed E-state index contributed by atoms with van der Waals surface area (Å²) in [6.07, 6.45) is 6.70. The van der Waals surface area contributed by atoms with E-state index in [1.165, 1.54) is 17.2 Å². The van der Waals surface area contributed by atoms with Crippen molar-refractivity contribution in [3.63, 3.8) is 0 Å². The van der Waals surface area contributed by atoms with E-state index < -0.39 is 14.1 Å². The van der Waals surface area contributed by atoms with Crippen molar-refractivity contribution in [2.24, 2.45) is 0 Å². The molecule has 5 atom stereocenters. The van der Waals surface area contributed by atoms with Crippen LogP contribution in [-0.2, 0) is 30.0 Å². The average molecular weight is 587 g/mol. The molecule has 3 fully saturated rings. The van der Waals surface area contributed by atoms with Gasteiger partial charge in [0, 0.05) is 12.8 Å². The first kappa shape index (κ1) is 30.5. The molecule has 2 heterocycles. The van der Waals surface area contributed by atoms with Crippen LogP contribution in [0.5, 0.6) is 0 Å². The number of hydrogen-bond donors (Lipinski definition) is 0. The Bertz CT molecular complexity index is 1100. The second kappa shape index (κ2) is 12.7. The van der Waals surface area contributed by atoms with Gasteiger partial charge in [0.15, 0.2) is 5.79 Å². The van der Waals surface area contributed by atoms with E-state index in [0.717, 1.165) is 31.2 Å². The summed E-state index contributed by atoms with van der Waals surface area (Å²) in [5.74, 6) is -0.517. The minimum absolute atomic E-state index is 0.155. The van der Waals surface area contributed by atoms with E-state index >= 15 is 0 Å². The van der Waals surface area contributed by atoms with Gasteiger partial charge in [0.2, 0.25) is 8.32 Å². The van der Waals surface area contributed by atoms with Crippen molar-refractivity contribution in [3.8, 4) is 0 Å². The fourth-order valence-electron chi connectivity index (χ4n) is 7.69. The second-order valence-corrected chi connectivity index (χ2v) is 19.3. The van der Waals surface area contributed by atoms with Gasteiger partial charge in [0.25, 0.3) is 0 Å². The standard InChI is InChI=1S/C33H50O5SSi/c1-22(2)40(23(3)4,24(5)6)38-30-29-28(21-35-33(37-29)17-11-8-12-18-33)36-32(39-7)31(30)34-20-25-15-16-26-13-9-10-14-27(26)19-25/h9-10,13-16,19,22-24,28-32H,8,11-12,17-18,20-21H2,1-7H3/t28-,29-,30+,31+,32-/m1/s1. The van der Waals surface area contributed by atoms with Gasteiger partial charge in [0.05, 0.1) is 13.2 Å². The zero-order valence-electron chi connectivity index (χ0n) is 25.6. The Balaban J connectivity index is 1.49. The number of benzene rings is 2. The lowest BCUT2D eigenvalue weighted by Crippen LogP contribution is -2.68. The van der Waals surface area contributed by atoms with Crippen LogP contribution in [0.4, 0.5) is 0 Å². The van der Waals surface area contributed by atoms with Crippen LogP contribution in [-0.4, -0.2) is 56.8 Å². The molecule has 0 N–H and O–H groups in total. The largest absolute Gasteiger partial charge is 0.408 e. The lowest BCUT2D eigenvalue weighted by molar-refractivity contribution is -0.370. The average Bonchev–Trinajstić information content (AvgIpc) is 2.94. The number of hydrogen-bond acceptors (Lipinski definition) is 6. The van der Waals surface area contributed by atoms with Crippen molar-refractivity contribution in [1.82, 2.24) is 0 Å². The lowest BCUT2D eigenvalue weighted by Gasteiger charge is -2.56. The highest BCUT2D eigenvalue weighted by Crippen LogP contribution is 2.48. The first-order chi connectivity index (χ1) is 19.2. The monoisotopic (exact) mass is 586 g/mol. The van der Waals surface area contributed by atoms with Crippen LogP contribution in [0.15, 0.2) is 42.5 Å². The molecule has 0 unspecified atom stereocenters. The Hall–Kier alpha value is -0.933. The molecular formula is C33H50O5SSi. The molecule has 5 rings (SSSR count). The van der Waals surface area contributed by atoms with Crippen molar-refractivity contribution in [1.29, 1.82) is 0 Å². The van der Waals surface area contributed by atoms with E-state index in [1.807, 2.05) is 0 Å². The highest BCUT2D eigenvalue weighted by molar-refractivity contribution is 7.99. The van der Waals surface area contributed by atoms with Gasteiger partial charge in [-0.15, -0.1) is 11.8 Å². The van der Waals surface area contributed by atoms with E-state index in [9.17, 15) is 0 Å². The van der Waals surface area contributed by atoms with Gasteiger partial charge in [-0.3, -0.25) is 0 Å². The van der Waals surface area contributed by atoms with E-state index in [4.69, 9.17) is 23.4 Å². The van der Waals surface area contributed by atoms with Gasteiger partial charge >= 0.3 is 0 Å². The summed E-state index contributed by atoms with van der Waals surface area (Å²) in [4.78, 5) is 0. The van der Waals surface area contributed by atoms with Crippen LogP contribution in [0.1, 0.15) is 79.2 Å². The van der Waals surface area contributed by atoms with Crippen LogP contribution in [0.25, 0.3) is 10.8 Å². The zero-order chi connectivity index (χ0) is 28.5. The minimum atomic E-state index is -2.25. The summed E-state index contributed by atoms with van der Waals surface area (Å²) in [6, 6.07) is 15.1. The molecule has 1 spiro atoms. The third-order valence-electron chi connectivity index (χ3n) is 9.60. The third kappa shape index (κ3) is 5.94. The minimum Gasteiger partial charge on any atom is -0.408 e. The maximum absolute atomic E-state index is 7.61. The zero-order valence-corrected chi connectivity index (χ0v) is 27.4. The summed E-state index contributed by atoms with van der Waals surface area (Å²) < 4.78 is 34.6. The fraction of sp³-hybridized carbons (Fsp3) is 0.697. The molecule has 1 saturated carbocycles. The van der Waals surface area contributed by atoms with Gasteiger partial charge in [-0.2, -0.15) is 0 Å². The highest BCUT2D eigenvalue weighted by Gasteiger charge is 2.58. The lowest BCUT2D eigenvalue weighted by atomic mass is 9.91. The van der Waals surface area contributed by atoms with Crippen molar-refractivity contribution >= 4 is 30.9 Å². The van der Waals surface area contributed by atoms with Gasteiger partial charge in [0.1, 0.15) is 29.9 Å². The van der Waals surface area contributed by atoms with Gasteiger partial charge in [-0.05, 0) is 58.1 Å². The molecule has 2 aromatic carbocycles. The maximum Gasteiger partial charge on any atom is 0.201 e. The topological polar surface area (TPSA) is 46.2 Å². The summed E-state index contributed by atoms with van der Waals surface area (Å²) >= 11 is 1.71. The third-order valence-corrected chi connectivity index (χ3v) is 16.5. The van der Waals surface area contributed by atoms with Crippen LogP contribution in [0, 0.1) is 0 Å². The SMILES string of the molecule is CS[C@H]1O[C@@H]2COC3(CCCCC3)O[C@H]2[C@H](O[Si](C(C)C)(C(C)C)C(C)C)[C@@H]1OCc1ccc2ccccc2c1. The Morgan fingerprint density at radius 3 is 2.23 bits per heavy atom. The molecule has 2 aliphatic heterocycles. The molecule has 1 aliphatic carbocycles. The predicted octanol–water partition coefficient (Wildman–Crippen LogP) is 8.45. The first-order valence-electron chi connectivity index (χ1n) is 15.5. The van der Waals surface area contributed by atoms with Gasteiger partial charge in [-0.1, -0.05) is 84.4 Å². The van der Waals surface area contributed by atoms with E-state index in [1.54, 1.807) is 11.8 Å². The summed E-state index contributed by atoms with van der Waals surface area (Å²) in [5, 5.41) is 2.48. The molecule has 7 heteroatoms. The number of rotatable bonds is 9. The Morgan fingerprint density at radius 1 is 0.900 bits per heavy atom. The molecule has 3 aliphatic rings. The maximum atomic E-state index is 7.61. The molecule has 2 aromatic rings. The van der Waals surface area contributed by atoms with Gasteiger partial charge < -0.3 is 23.4 Å². The quantitative estimate of drug-likeness (QED) is 0.275. The molecule has 5 nitrogen and oxygen atoms in total. The van der Waals surface area contributed by atoms with Crippen molar-refractivity contribution < 1.29 is 23.4 Å². The van der Waals surface area contributed by atoms with Crippen LogP contribution in [0.2, 0.25) is 16.6 Å². The Labute approximate surface area is 247 Å². The van der Waals surface area contributed by atoms with Crippen molar-refractivity contribution in [2.75, 3.05) is 12.9 Å². The molecule has 0 bridgehead atoms. The first-order valence-corrected chi connectivity index (χ1v) is 18.9. The smallest absolute Gasteiger partial charge is 0.201 e. The van der Waals surface area contributed by atoms with E-state index in [-0.39, 0.29) is 29.9 Å². The Morgan fingerprint density at radius 2 is 1.57 bits per heavy atom. The summed E-state index contributed by atoms with van der Waals surface area (Å²) in [5.41, 5.74) is 2.40. The van der Waals surface area contributed by atoms with E-state index in [2.05, 4.69) is 90.3 Å². The van der Waals surface area contributed by atoms with Crippen molar-refractivity contribution in [3.05, 3.63) is 48.0 Å². The Kier molecular flexibility index (Phi) is 9.72. The fourth-order valence-corrected chi connectivity index (χ4v) is 14.0. The molecular weight excluding hydrogens is 537 g/mol. The summed E-state index contributed by atoms with van der Waals surface area (Å²) in [7, 11) is -2.25. The van der Waals surface area contributed by atoms with Crippen LogP contribution < -0.4 is 0 Å². The molecule has 0 radical (unpaired) electrons. The molecule has 0 aromatic heterocycles. The summed E-state index contributed by atoms with van der Waals surface area (Å²) in [6.45, 7) is 15.2. The number of ether oxygens (including phenoxy) is 4. The molecule has 222 valence electrons. The van der Waals surface area contributed by atoms with Crippen LogP contribution >= 0.6 is 11.8 Å². The molecule has 0 amide bonds. The number of thioether (sulfide) groups is 1. The normalized spacial score (nSPS) is 29.0. The second-order valence-electron chi connectivity index (χ2n) is 13.0. The van der Waals surface area contributed by atoms with Crippen molar-refractivity contribution in [2.45, 2.75) is 133 Å². The predicted molar refractivity (Wildman–Crippen MR) is 167 cm³/mol. The van der Waals surface area contributed by atoms with Gasteiger partial charge in [-0.25, -0.2) is 0 Å². The molecule has 2 saturated heterocycles. The number of fused-ring (bicyclic) bond motifs is 2.